The summed E-state index contributed by atoms with van der Waals surface area (Å²) >= 11 is 10.5. The van der Waals surface area contributed by atoms with Crippen molar-refractivity contribution in [3.05, 3.63) is 102 Å². The number of benzene rings is 3. The van der Waals surface area contributed by atoms with E-state index >= 15 is 0 Å². The Morgan fingerprint density at radius 1 is 0.968 bits per heavy atom. The Balaban J connectivity index is 1.71. The summed E-state index contributed by atoms with van der Waals surface area (Å²) in [6.07, 6.45) is 1.55. The number of nitrogens with one attached hydrogen (secondary N) is 1. The lowest BCUT2D eigenvalue weighted by Crippen LogP contribution is -2.23. The van der Waals surface area contributed by atoms with E-state index < -0.39 is 5.91 Å². The van der Waals surface area contributed by atoms with Gasteiger partial charge in [-0.15, -0.1) is 0 Å². The zero-order valence-electron chi connectivity index (χ0n) is 16.2. The number of ether oxygens (including phenoxy) is 1. The zero-order valence-corrected chi connectivity index (χ0v) is 21.0. The van der Waals surface area contributed by atoms with Crippen LogP contribution in [0.15, 0.2) is 85.7 Å². The van der Waals surface area contributed by atoms with E-state index in [9.17, 15) is 10.1 Å². The third-order valence-electron chi connectivity index (χ3n) is 4.29. The molecule has 0 fully saturated rings. The van der Waals surface area contributed by atoms with E-state index in [1.165, 1.54) is 0 Å². The van der Waals surface area contributed by atoms with Gasteiger partial charge in [0.2, 0.25) is 0 Å². The normalized spacial score (nSPS) is 11.0. The van der Waals surface area contributed by atoms with Crippen LogP contribution in [-0.2, 0) is 17.9 Å². The molecule has 3 aromatic rings. The highest BCUT2D eigenvalue weighted by atomic mass is 79.9. The van der Waals surface area contributed by atoms with Crippen LogP contribution in [0.4, 0.5) is 0 Å². The molecule has 0 aliphatic carbocycles. The average Bonchev–Trinajstić information content (AvgIpc) is 2.77. The van der Waals surface area contributed by atoms with Crippen LogP contribution in [0.1, 0.15) is 16.7 Å². The minimum Gasteiger partial charge on any atom is -0.487 e. The van der Waals surface area contributed by atoms with Crippen LogP contribution in [-0.4, -0.2) is 5.91 Å². The Morgan fingerprint density at radius 2 is 1.61 bits per heavy atom. The lowest BCUT2D eigenvalue weighted by molar-refractivity contribution is -0.117. The van der Waals surface area contributed by atoms with Gasteiger partial charge in [-0.25, -0.2) is 0 Å². The number of amides is 1. The van der Waals surface area contributed by atoms with Gasteiger partial charge < -0.3 is 10.1 Å². The monoisotopic (exact) mass is 602 g/mol. The van der Waals surface area contributed by atoms with E-state index in [1.54, 1.807) is 6.08 Å². The fraction of sp³-hybridized carbons (Fsp3) is 0.0833. The quantitative estimate of drug-likeness (QED) is 0.239. The Morgan fingerprint density at radius 3 is 2.23 bits per heavy atom. The third kappa shape index (κ3) is 6.79. The van der Waals surface area contributed by atoms with E-state index in [4.69, 9.17) is 4.74 Å². The predicted molar refractivity (Wildman–Crippen MR) is 132 cm³/mol. The molecule has 1 N–H and O–H groups in total. The molecule has 1 amide bonds. The standard InChI is InChI=1S/C24H17Br3N2O2/c25-20-8-6-17(7-9-20)15-31-23-21(26)11-18(12-22(23)27)10-19(13-28)24(30)29-14-16-4-2-1-3-5-16/h1-12H,14-15H2,(H,29,30)/b19-10-. The van der Waals surface area contributed by atoms with Crippen LogP contribution in [0.3, 0.4) is 0 Å². The molecule has 3 aromatic carbocycles. The van der Waals surface area contributed by atoms with Gasteiger partial charge in [0.1, 0.15) is 24.0 Å². The van der Waals surface area contributed by atoms with Crippen molar-refractivity contribution in [1.29, 1.82) is 5.26 Å². The molecule has 0 radical (unpaired) electrons. The van der Waals surface area contributed by atoms with E-state index in [0.717, 1.165) is 15.6 Å². The summed E-state index contributed by atoms with van der Waals surface area (Å²) in [5.41, 5.74) is 2.72. The molecule has 0 heterocycles. The molecule has 0 aromatic heterocycles. The minimum absolute atomic E-state index is 0.0262. The summed E-state index contributed by atoms with van der Waals surface area (Å²) in [4.78, 5) is 12.4. The number of carbonyl (C=O) groups excluding carboxylic acids is 1. The Kier molecular flexibility index (Phi) is 8.47. The van der Waals surface area contributed by atoms with Gasteiger partial charge in [-0.1, -0.05) is 58.4 Å². The van der Waals surface area contributed by atoms with Crippen molar-refractivity contribution in [2.24, 2.45) is 0 Å². The summed E-state index contributed by atoms with van der Waals surface area (Å²) in [5, 5.41) is 12.2. The maximum atomic E-state index is 12.4. The van der Waals surface area contributed by atoms with Crippen LogP contribution in [0, 0.1) is 11.3 Å². The van der Waals surface area contributed by atoms with Gasteiger partial charge in [-0.3, -0.25) is 4.79 Å². The number of nitriles is 1. The molecular weight excluding hydrogens is 588 g/mol. The first-order valence-electron chi connectivity index (χ1n) is 9.26. The van der Waals surface area contributed by atoms with Crippen molar-refractivity contribution in [2.75, 3.05) is 0 Å². The van der Waals surface area contributed by atoms with E-state index in [-0.39, 0.29) is 5.57 Å². The number of halogens is 3. The van der Waals surface area contributed by atoms with Gasteiger partial charge in [0.05, 0.1) is 8.95 Å². The lowest BCUT2D eigenvalue weighted by atomic mass is 10.1. The van der Waals surface area contributed by atoms with Gasteiger partial charge in [0.25, 0.3) is 5.91 Å². The van der Waals surface area contributed by atoms with E-state index in [0.29, 0.717) is 33.4 Å². The molecule has 0 unspecified atom stereocenters. The maximum absolute atomic E-state index is 12.4. The number of hydrogen-bond donors (Lipinski definition) is 1. The Hall–Kier alpha value is -2.40. The van der Waals surface area contributed by atoms with Gasteiger partial charge in [0, 0.05) is 11.0 Å². The van der Waals surface area contributed by atoms with E-state index in [1.807, 2.05) is 72.8 Å². The molecule has 0 aliphatic rings. The van der Waals surface area contributed by atoms with E-state index in [2.05, 4.69) is 53.1 Å². The highest BCUT2D eigenvalue weighted by Gasteiger charge is 2.12. The second-order valence-electron chi connectivity index (χ2n) is 6.57. The summed E-state index contributed by atoms with van der Waals surface area (Å²) in [7, 11) is 0. The first kappa shape index (κ1) is 23.3. The third-order valence-corrected chi connectivity index (χ3v) is 6.00. The SMILES string of the molecule is N#C/C(=C/c1cc(Br)c(OCc2ccc(Br)cc2)c(Br)c1)C(=O)NCc1ccccc1. The molecule has 0 atom stereocenters. The van der Waals surface area contributed by atoms with Crippen molar-refractivity contribution < 1.29 is 9.53 Å². The second kappa shape index (κ2) is 11.3. The van der Waals surface area contributed by atoms with Gasteiger partial charge in [-0.05, 0) is 78.9 Å². The topological polar surface area (TPSA) is 62.1 Å². The number of hydrogen-bond acceptors (Lipinski definition) is 3. The van der Waals surface area contributed by atoms with Crippen molar-refractivity contribution in [3.8, 4) is 11.8 Å². The summed E-state index contributed by atoms with van der Waals surface area (Å²) in [6, 6.07) is 23.0. The smallest absolute Gasteiger partial charge is 0.262 e. The number of carbonyl (C=O) groups is 1. The molecule has 4 nitrogen and oxygen atoms in total. The van der Waals surface area contributed by atoms with Crippen LogP contribution in [0.25, 0.3) is 6.08 Å². The molecule has 0 bridgehead atoms. The largest absolute Gasteiger partial charge is 0.487 e. The van der Waals surface area contributed by atoms with Crippen molar-refractivity contribution in [2.45, 2.75) is 13.2 Å². The Bertz CT molecular complexity index is 1110. The maximum Gasteiger partial charge on any atom is 0.262 e. The number of rotatable bonds is 7. The minimum atomic E-state index is -0.422. The highest BCUT2D eigenvalue weighted by Crippen LogP contribution is 2.36. The molecule has 7 heteroatoms. The van der Waals surface area contributed by atoms with Crippen LogP contribution in [0.5, 0.6) is 5.75 Å². The first-order chi connectivity index (χ1) is 15.0. The highest BCUT2D eigenvalue weighted by molar-refractivity contribution is 9.11. The molecule has 31 heavy (non-hydrogen) atoms. The van der Waals surface area contributed by atoms with Gasteiger partial charge in [0.15, 0.2) is 0 Å². The van der Waals surface area contributed by atoms with Crippen LogP contribution in [0.2, 0.25) is 0 Å². The molecule has 0 saturated carbocycles. The van der Waals surface area contributed by atoms with Crippen molar-refractivity contribution in [1.82, 2.24) is 5.32 Å². The lowest BCUT2D eigenvalue weighted by Gasteiger charge is -2.12. The first-order valence-corrected chi connectivity index (χ1v) is 11.6. The Labute approximate surface area is 206 Å². The molecule has 0 aliphatic heterocycles. The summed E-state index contributed by atoms with van der Waals surface area (Å²) in [5.74, 6) is 0.223. The molecule has 156 valence electrons. The van der Waals surface area contributed by atoms with Crippen molar-refractivity contribution >= 4 is 59.8 Å². The summed E-state index contributed by atoms with van der Waals surface area (Å²) < 4.78 is 8.38. The zero-order chi connectivity index (χ0) is 22.2. The molecule has 0 saturated heterocycles. The molecular formula is C24H17Br3N2O2. The fourth-order valence-electron chi connectivity index (χ4n) is 2.73. The summed E-state index contributed by atoms with van der Waals surface area (Å²) in [6.45, 7) is 0.764. The van der Waals surface area contributed by atoms with Crippen molar-refractivity contribution in [3.63, 3.8) is 0 Å². The molecule has 0 spiro atoms. The average molecular weight is 605 g/mol. The second-order valence-corrected chi connectivity index (χ2v) is 9.19. The number of nitrogens with zero attached hydrogens (tertiary/aromatic N) is 1. The van der Waals surface area contributed by atoms with Gasteiger partial charge in [-0.2, -0.15) is 5.26 Å². The van der Waals surface area contributed by atoms with Crippen LogP contribution >= 0.6 is 47.8 Å². The predicted octanol–water partition coefficient (Wildman–Crippen LogP) is 6.78. The van der Waals surface area contributed by atoms with Crippen LogP contribution < -0.4 is 10.1 Å². The van der Waals surface area contributed by atoms with Gasteiger partial charge >= 0.3 is 0 Å². The fourth-order valence-corrected chi connectivity index (χ4v) is 4.44. The molecule has 3 rings (SSSR count).